The lowest BCUT2D eigenvalue weighted by Gasteiger charge is -2.46. The second-order valence-electron chi connectivity index (χ2n) is 5.98. The average molecular weight is 268 g/mol. The lowest BCUT2D eigenvalue weighted by molar-refractivity contribution is -0.144. The molecule has 2 N–H and O–H groups in total. The molecule has 2 rings (SSSR count). The van der Waals surface area contributed by atoms with E-state index in [0.717, 1.165) is 13.0 Å². The Labute approximate surface area is 114 Å². The van der Waals surface area contributed by atoms with Crippen LogP contribution in [-0.4, -0.2) is 47.1 Å². The van der Waals surface area contributed by atoms with E-state index in [9.17, 15) is 9.59 Å². The number of carboxylic acid groups (broad SMARTS) is 1. The van der Waals surface area contributed by atoms with E-state index in [4.69, 9.17) is 5.11 Å². The van der Waals surface area contributed by atoms with Crippen molar-refractivity contribution in [1.82, 2.24) is 10.2 Å². The van der Waals surface area contributed by atoms with E-state index in [0.29, 0.717) is 24.4 Å². The monoisotopic (exact) mass is 268 g/mol. The standard InChI is InChI=1S/C14H24N2O3/c1-9-4-3-5-11(10(9)2)16-7-6-15-14(19)12(16)8-13(17)18/h9-12H,3-8H2,1-2H3,(H,15,19)(H,17,18). The van der Waals surface area contributed by atoms with Crippen LogP contribution in [0, 0.1) is 11.8 Å². The third kappa shape index (κ3) is 3.08. The molecule has 1 saturated heterocycles. The van der Waals surface area contributed by atoms with E-state index in [1.54, 1.807) is 0 Å². The molecule has 1 amide bonds. The fraction of sp³-hybridized carbons (Fsp3) is 0.857. The largest absolute Gasteiger partial charge is 0.481 e. The molecule has 2 aliphatic rings. The van der Waals surface area contributed by atoms with Gasteiger partial charge in [0.15, 0.2) is 0 Å². The van der Waals surface area contributed by atoms with E-state index in [1.807, 2.05) is 0 Å². The number of hydrogen-bond acceptors (Lipinski definition) is 3. The van der Waals surface area contributed by atoms with Crippen LogP contribution in [-0.2, 0) is 9.59 Å². The van der Waals surface area contributed by atoms with Crippen LogP contribution >= 0.6 is 0 Å². The molecule has 0 radical (unpaired) electrons. The van der Waals surface area contributed by atoms with Crippen LogP contribution < -0.4 is 5.32 Å². The minimum atomic E-state index is -0.899. The van der Waals surface area contributed by atoms with Gasteiger partial charge in [0, 0.05) is 19.1 Å². The molecule has 2 fully saturated rings. The van der Waals surface area contributed by atoms with Gasteiger partial charge in [0.05, 0.1) is 12.5 Å². The summed E-state index contributed by atoms with van der Waals surface area (Å²) in [7, 11) is 0. The van der Waals surface area contributed by atoms with Crippen molar-refractivity contribution in [3.05, 3.63) is 0 Å². The molecule has 5 heteroatoms. The average Bonchev–Trinajstić information content (AvgIpc) is 2.35. The highest BCUT2D eigenvalue weighted by molar-refractivity contribution is 5.86. The number of rotatable bonds is 3. The SMILES string of the molecule is CC1CCCC(N2CCNC(=O)C2CC(=O)O)C1C. The number of hydrogen-bond donors (Lipinski definition) is 2. The molecule has 4 atom stereocenters. The Morgan fingerprint density at radius 3 is 2.84 bits per heavy atom. The van der Waals surface area contributed by atoms with Crippen molar-refractivity contribution in [3.63, 3.8) is 0 Å². The molecule has 0 aromatic carbocycles. The molecule has 0 spiro atoms. The lowest BCUT2D eigenvalue weighted by atomic mass is 9.76. The Balaban J connectivity index is 2.14. The van der Waals surface area contributed by atoms with E-state index < -0.39 is 12.0 Å². The Morgan fingerprint density at radius 2 is 2.16 bits per heavy atom. The maximum absolute atomic E-state index is 12.0. The molecular formula is C14H24N2O3. The first-order valence-electron chi connectivity index (χ1n) is 7.26. The first kappa shape index (κ1) is 14.3. The van der Waals surface area contributed by atoms with Crippen LogP contribution in [0.5, 0.6) is 0 Å². The van der Waals surface area contributed by atoms with Gasteiger partial charge in [0.25, 0.3) is 0 Å². The van der Waals surface area contributed by atoms with Crippen LogP contribution in [0.1, 0.15) is 39.5 Å². The Morgan fingerprint density at radius 1 is 1.42 bits per heavy atom. The number of carbonyl (C=O) groups excluding carboxylic acids is 1. The summed E-state index contributed by atoms with van der Waals surface area (Å²) in [6, 6.07) is -0.150. The molecule has 0 aromatic rings. The third-order valence-corrected chi connectivity index (χ3v) is 4.83. The van der Waals surface area contributed by atoms with Gasteiger partial charge < -0.3 is 10.4 Å². The van der Waals surface area contributed by atoms with E-state index in [1.165, 1.54) is 12.8 Å². The zero-order valence-corrected chi connectivity index (χ0v) is 11.8. The summed E-state index contributed by atoms with van der Waals surface area (Å²) in [5.74, 6) is 0.146. The number of carbonyl (C=O) groups is 2. The Hall–Kier alpha value is -1.10. The van der Waals surface area contributed by atoms with E-state index >= 15 is 0 Å². The van der Waals surface area contributed by atoms with Crippen molar-refractivity contribution in [2.24, 2.45) is 11.8 Å². The second kappa shape index (κ2) is 5.90. The van der Waals surface area contributed by atoms with Gasteiger partial charge in [-0.05, 0) is 18.3 Å². The lowest BCUT2D eigenvalue weighted by Crippen LogP contribution is -2.61. The zero-order valence-electron chi connectivity index (χ0n) is 11.8. The molecule has 0 bridgehead atoms. The molecular weight excluding hydrogens is 244 g/mol. The highest BCUT2D eigenvalue weighted by atomic mass is 16.4. The fourth-order valence-electron chi connectivity index (χ4n) is 3.53. The predicted molar refractivity (Wildman–Crippen MR) is 71.7 cm³/mol. The predicted octanol–water partition coefficient (Wildman–Crippen LogP) is 1.09. The maximum atomic E-state index is 12.0. The van der Waals surface area contributed by atoms with Crippen molar-refractivity contribution in [1.29, 1.82) is 0 Å². The minimum absolute atomic E-state index is 0.0938. The molecule has 1 aliphatic heterocycles. The molecule has 0 aromatic heterocycles. The molecule has 108 valence electrons. The van der Waals surface area contributed by atoms with Gasteiger partial charge >= 0.3 is 5.97 Å². The van der Waals surface area contributed by atoms with Gasteiger partial charge in [-0.3, -0.25) is 14.5 Å². The van der Waals surface area contributed by atoms with Crippen molar-refractivity contribution in [2.45, 2.75) is 51.6 Å². The molecule has 19 heavy (non-hydrogen) atoms. The molecule has 1 saturated carbocycles. The normalized spacial score (nSPS) is 36.8. The Kier molecular flexibility index (Phi) is 4.45. The quantitative estimate of drug-likeness (QED) is 0.804. The highest BCUT2D eigenvalue weighted by Crippen LogP contribution is 2.34. The summed E-state index contributed by atoms with van der Waals surface area (Å²) in [6.07, 6.45) is 3.40. The summed E-state index contributed by atoms with van der Waals surface area (Å²) in [6.45, 7) is 5.89. The maximum Gasteiger partial charge on any atom is 0.305 e. The molecule has 1 aliphatic carbocycles. The van der Waals surface area contributed by atoms with Crippen molar-refractivity contribution in [3.8, 4) is 0 Å². The first-order valence-corrected chi connectivity index (χ1v) is 7.26. The first-order chi connectivity index (χ1) is 9.00. The number of amides is 1. The number of nitrogens with zero attached hydrogens (tertiary/aromatic N) is 1. The topological polar surface area (TPSA) is 69.6 Å². The van der Waals surface area contributed by atoms with Gasteiger partial charge in [-0.25, -0.2) is 0 Å². The molecule has 4 unspecified atom stereocenters. The van der Waals surface area contributed by atoms with Gasteiger partial charge in [0.1, 0.15) is 0 Å². The van der Waals surface area contributed by atoms with Crippen molar-refractivity contribution < 1.29 is 14.7 Å². The van der Waals surface area contributed by atoms with Crippen LogP contribution in [0.4, 0.5) is 0 Å². The van der Waals surface area contributed by atoms with E-state index in [-0.39, 0.29) is 12.3 Å². The summed E-state index contributed by atoms with van der Waals surface area (Å²) >= 11 is 0. The van der Waals surface area contributed by atoms with Gasteiger partial charge in [-0.1, -0.05) is 26.7 Å². The fourth-order valence-corrected chi connectivity index (χ4v) is 3.53. The van der Waals surface area contributed by atoms with Gasteiger partial charge in [-0.2, -0.15) is 0 Å². The van der Waals surface area contributed by atoms with Crippen LogP contribution in [0.15, 0.2) is 0 Å². The van der Waals surface area contributed by atoms with Crippen molar-refractivity contribution >= 4 is 11.9 Å². The summed E-state index contributed by atoms with van der Waals surface area (Å²) in [5.41, 5.74) is 0. The number of nitrogens with one attached hydrogen (secondary N) is 1. The van der Waals surface area contributed by atoms with Crippen LogP contribution in [0.2, 0.25) is 0 Å². The molecule has 5 nitrogen and oxygen atoms in total. The zero-order chi connectivity index (χ0) is 14.0. The van der Waals surface area contributed by atoms with Gasteiger partial charge in [-0.15, -0.1) is 0 Å². The summed E-state index contributed by atoms with van der Waals surface area (Å²) in [5, 5.41) is 11.8. The van der Waals surface area contributed by atoms with E-state index in [2.05, 4.69) is 24.1 Å². The second-order valence-corrected chi connectivity index (χ2v) is 5.98. The highest BCUT2D eigenvalue weighted by Gasteiger charge is 2.40. The van der Waals surface area contributed by atoms with Crippen LogP contribution in [0.3, 0.4) is 0 Å². The number of piperazine rings is 1. The smallest absolute Gasteiger partial charge is 0.305 e. The third-order valence-electron chi connectivity index (χ3n) is 4.83. The van der Waals surface area contributed by atoms with Crippen molar-refractivity contribution in [2.75, 3.05) is 13.1 Å². The Bertz CT molecular complexity index is 359. The summed E-state index contributed by atoms with van der Waals surface area (Å²) in [4.78, 5) is 25.1. The number of carboxylic acids is 1. The number of aliphatic carboxylic acids is 1. The summed E-state index contributed by atoms with van der Waals surface area (Å²) < 4.78 is 0. The van der Waals surface area contributed by atoms with Crippen LogP contribution in [0.25, 0.3) is 0 Å². The molecule has 1 heterocycles. The minimum Gasteiger partial charge on any atom is -0.481 e. The van der Waals surface area contributed by atoms with Gasteiger partial charge in [0.2, 0.25) is 5.91 Å².